The summed E-state index contributed by atoms with van der Waals surface area (Å²) in [5.74, 6) is 0.637. The van der Waals surface area contributed by atoms with Crippen molar-refractivity contribution in [1.29, 1.82) is 0 Å². The summed E-state index contributed by atoms with van der Waals surface area (Å²) in [7, 11) is 0. The van der Waals surface area contributed by atoms with Crippen LogP contribution in [0.2, 0.25) is 5.02 Å². The maximum atomic E-state index is 12.2. The summed E-state index contributed by atoms with van der Waals surface area (Å²) in [6.45, 7) is 2.95. The number of halogens is 1. The minimum absolute atomic E-state index is 0.162. The predicted molar refractivity (Wildman–Crippen MR) is 105 cm³/mol. The second-order valence-electron chi connectivity index (χ2n) is 6.11. The number of benzene rings is 2. The molecule has 2 aromatic carbocycles. The van der Waals surface area contributed by atoms with Crippen molar-refractivity contribution in [3.8, 4) is 5.75 Å². The molecule has 0 saturated carbocycles. The van der Waals surface area contributed by atoms with Crippen LogP contribution in [-0.4, -0.2) is 12.5 Å². The molecule has 0 aromatic heterocycles. The minimum atomic E-state index is -0.162. The van der Waals surface area contributed by atoms with E-state index in [-0.39, 0.29) is 5.91 Å². The first-order valence-electron chi connectivity index (χ1n) is 8.99. The molecular formula is C21H26ClNO2. The average molecular weight is 360 g/mol. The summed E-state index contributed by atoms with van der Waals surface area (Å²) in [4.78, 5) is 12.2. The Labute approximate surface area is 155 Å². The van der Waals surface area contributed by atoms with E-state index in [1.807, 2.05) is 18.2 Å². The number of ether oxygens (including phenoxy) is 1. The summed E-state index contributed by atoms with van der Waals surface area (Å²) >= 11 is 5.92. The van der Waals surface area contributed by atoms with Gasteiger partial charge in [0.05, 0.1) is 6.61 Å². The second-order valence-corrected chi connectivity index (χ2v) is 6.54. The van der Waals surface area contributed by atoms with Crippen LogP contribution in [0, 0.1) is 0 Å². The Kier molecular flexibility index (Phi) is 8.33. The van der Waals surface area contributed by atoms with Gasteiger partial charge < -0.3 is 10.1 Å². The van der Waals surface area contributed by atoms with Crippen LogP contribution in [0.5, 0.6) is 5.75 Å². The molecule has 2 rings (SSSR count). The first-order chi connectivity index (χ1) is 12.2. The van der Waals surface area contributed by atoms with E-state index in [9.17, 15) is 4.79 Å². The number of amides is 1. The van der Waals surface area contributed by atoms with Crippen LogP contribution in [-0.2, 0) is 0 Å². The van der Waals surface area contributed by atoms with Crippen LogP contribution < -0.4 is 10.1 Å². The van der Waals surface area contributed by atoms with Crippen LogP contribution in [0.1, 0.15) is 55.8 Å². The van der Waals surface area contributed by atoms with Gasteiger partial charge >= 0.3 is 0 Å². The van der Waals surface area contributed by atoms with Gasteiger partial charge in [0.25, 0.3) is 5.91 Å². The maximum Gasteiger partial charge on any atom is 0.255 e. The summed E-state index contributed by atoms with van der Waals surface area (Å²) in [5, 5.41) is 3.42. The van der Waals surface area contributed by atoms with Gasteiger partial charge in [-0.05, 0) is 48.9 Å². The summed E-state index contributed by atoms with van der Waals surface area (Å²) in [6, 6.07) is 14.3. The van der Waals surface area contributed by atoms with Crippen molar-refractivity contribution in [2.24, 2.45) is 0 Å². The predicted octanol–water partition coefficient (Wildman–Crippen LogP) is 6.33. The Bertz CT molecular complexity index is 655. The highest BCUT2D eigenvalue weighted by molar-refractivity contribution is 6.30. The SMILES string of the molecule is CCCCCCCCOc1ccc(C(=O)Nc2cccc(Cl)c2)cc1. The van der Waals surface area contributed by atoms with Crippen molar-refractivity contribution in [1.82, 2.24) is 0 Å². The van der Waals surface area contributed by atoms with E-state index in [0.717, 1.165) is 18.8 Å². The molecule has 2 aromatic rings. The zero-order chi connectivity index (χ0) is 17.9. The van der Waals surface area contributed by atoms with Gasteiger partial charge in [0.2, 0.25) is 0 Å². The lowest BCUT2D eigenvalue weighted by atomic mass is 10.1. The molecule has 0 radical (unpaired) electrons. The van der Waals surface area contributed by atoms with E-state index in [0.29, 0.717) is 16.3 Å². The maximum absolute atomic E-state index is 12.2. The third-order valence-electron chi connectivity index (χ3n) is 3.97. The largest absolute Gasteiger partial charge is 0.494 e. The van der Waals surface area contributed by atoms with Crippen molar-refractivity contribution < 1.29 is 9.53 Å². The van der Waals surface area contributed by atoms with Gasteiger partial charge in [-0.25, -0.2) is 0 Å². The topological polar surface area (TPSA) is 38.3 Å². The molecule has 0 aliphatic heterocycles. The lowest BCUT2D eigenvalue weighted by molar-refractivity contribution is 0.102. The van der Waals surface area contributed by atoms with Crippen molar-refractivity contribution in [2.45, 2.75) is 45.4 Å². The fourth-order valence-electron chi connectivity index (χ4n) is 2.54. The Balaban J connectivity index is 1.74. The van der Waals surface area contributed by atoms with Crippen LogP contribution in [0.25, 0.3) is 0 Å². The molecule has 4 heteroatoms. The smallest absolute Gasteiger partial charge is 0.255 e. The van der Waals surface area contributed by atoms with Gasteiger partial charge in [-0.15, -0.1) is 0 Å². The van der Waals surface area contributed by atoms with Gasteiger partial charge in [0, 0.05) is 16.3 Å². The number of carbonyl (C=O) groups is 1. The number of nitrogens with one attached hydrogen (secondary N) is 1. The molecule has 0 spiro atoms. The molecule has 1 amide bonds. The molecule has 0 aliphatic rings. The minimum Gasteiger partial charge on any atom is -0.494 e. The van der Waals surface area contributed by atoms with Crippen molar-refractivity contribution in [3.63, 3.8) is 0 Å². The van der Waals surface area contributed by atoms with E-state index < -0.39 is 0 Å². The molecule has 0 atom stereocenters. The number of unbranched alkanes of at least 4 members (excludes halogenated alkanes) is 5. The highest BCUT2D eigenvalue weighted by atomic mass is 35.5. The first-order valence-corrected chi connectivity index (χ1v) is 9.36. The quantitative estimate of drug-likeness (QED) is 0.503. The molecule has 134 valence electrons. The Morgan fingerprint density at radius 1 is 1.00 bits per heavy atom. The van der Waals surface area contributed by atoms with Crippen molar-refractivity contribution >= 4 is 23.2 Å². The Morgan fingerprint density at radius 2 is 1.72 bits per heavy atom. The molecule has 3 nitrogen and oxygen atoms in total. The molecule has 0 bridgehead atoms. The Morgan fingerprint density at radius 3 is 2.44 bits per heavy atom. The lowest BCUT2D eigenvalue weighted by Crippen LogP contribution is -2.11. The van der Waals surface area contributed by atoms with Gasteiger partial charge in [-0.1, -0.05) is 56.7 Å². The van der Waals surface area contributed by atoms with Crippen molar-refractivity contribution in [3.05, 3.63) is 59.1 Å². The number of hydrogen-bond acceptors (Lipinski definition) is 2. The first kappa shape index (κ1) is 19.3. The number of hydrogen-bond donors (Lipinski definition) is 1. The number of anilines is 1. The van der Waals surface area contributed by atoms with E-state index in [4.69, 9.17) is 16.3 Å². The van der Waals surface area contributed by atoms with Gasteiger partial charge in [0.15, 0.2) is 0 Å². The average Bonchev–Trinajstić information content (AvgIpc) is 2.61. The van der Waals surface area contributed by atoms with Gasteiger partial charge in [-0.2, -0.15) is 0 Å². The molecular weight excluding hydrogens is 334 g/mol. The molecule has 0 aliphatic carbocycles. The van der Waals surface area contributed by atoms with E-state index in [1.165, 1.54) is 32.1 Å². The standard InChI is InChI=1S/C21H26ClNO2/c1-2-3-4-5-6-7-15-25-20-13-11-17(12-14-20)21(24)23-19-10-8-9-18(22)16-19/h8-14,16H,2-7,15H2,1H3,(H,23,24). The third-order valence-corrected chi connectivity index (χ3v) is 4.20. The fraction of sp³-hybridized carbons (Fsp3) is 0.381. The van der Waals surface area contributed by atoms with E-state index >= 15 is 0 Å². The van der Waals surface area contributed by atoms with Gasteiger partial charge in [-0.3, -0.25) is 4.79 Å². The summed E-state index contributed by atoms with van der Waals surface area (Å²) in [6.07, 6.45) is 7.46. The van der Waals surface area contributed by atoms with E-state index in [1.54, 1.807) is 30.3 Å². The molecule has 1 N–H and O–H groups in total. The zero-order valence-corrected chi connectivity index (χ0v) is 15.5. The molecule has 0 fully saturated rings. The van der Waals surface area contributed by atoms with Crippen molar-refractivity contribution in [2.75, 3.05) is 11.9 Å². The normalized spacial score (nSPS) is 10.5. The van der Waals surface area contributed by atoms with E-state index in [2.05, 4.69) is 12.2 Å². The highest BCUT2D eigenvalue weighted by Crippen LogP contribution is 2.17. The van der Waals surface area contributed by atoms with Crippen LogP contribution in [0.3, 0.4) is 0 Å². The number of rotatable bonds is 10. The fourth-order valence-corrected chi connectivity index (χ4v) is 2.73. The number of carbonyl (C=O) groups excluding carboxylic acids is 1. The third kappa shape index (κ3) is 7.18. The van der Waals surface area contributed by atoms with Crippen LogP contribution in [0.15, 0.2) is 48.5 Å². The molecule has 0 heterocycles. The summed E-state index contributed by atoms with van der Waals surface area (Å²) in [5.41, 5.74) is 1.27. The highest BCUT2D eigenvalue weighted by Gasteiger charge is 2.06. The lowest BCUT2D eigenvalue weighted by Gasteiger charge is -2.08. The Hall–Kier alpha value is -2.00. The van der Waals surface area contributed by atoms with Gasteiger partial charge in [0.1, 0.15) is 5.75 Å². The van der Waals surface area contributed by atoms with Crippen LogP contribution in [0.4, 0.5) is 5.69 Å². The molecule has 0 saturated heterocycles. The zero-order valence-electron chi connectivity index (χ0n) is 14.8. The molecule has 0 unspecified atom stereocenters. The summed E-state index contributed by atoms with van der Waals surface area (Å²) < 4.78 is 5.73. The van der Waals surface area contributed by atoms with Crippen LogP contribution >= 0.6 is 11.6 Å². The molecule has 25 heavy (non-hydrogen) atoms. The monoisotopic (exact) mass is 359 g/mol. The second kappa shape index (κ2) is 10.8.